The van der Waals surface area contributed by atoms with Crippen molar-refractivity contribution in [1.29, 1.82) is 0 Å². The Labute approximate surface area is 123 Å². The highest BCUT2D eigenvalue weighted by atomic mass is 79.9. The summed E-state index contributed by atoms with van der Waals surface area (Å²) in [4.78, 5) is 22.2. The average Bonchev–Trinajstić information content (AvgIpc) is 2.38. The average molecular weight is 348 g/mol. The summed E-state index contributed by atoms with van der Waals surface area (Å²) < 4.78 is 5.74. The van der Waals surface area contributed by atoms with E-state index in [0.29, 0.717) is 28.1 Å². The largest absolute Gasteiger partial charge is 0.497 e. The smallest absolute Gasteiger partial charge is 0.313 e. The van der Waals surface area contributed by atoms with E-state index in [1.807, 2.05) is 0 Å². The van der Waals surface area contributed by atoms with Gasteiger partial charge < -0.3 is 15.2 Å². The summed E-state index contributed by atoms with van der Waals surface area (Å²) in [7, 11) is 1.54. The molecule has 1 rings (SSSR count). The van der Waals surface area contributed by atoms with Crippen LogP contribution in [0.5, 0.6) is 5.75 Å². The monoisotopic (exact) mass is 347 g/mol. The van der Waals surface area contributed by atoms with E-state index in [1.54, 1.807) is 18.2 Å². The maximum absolute atomic E-state index is 11.9. The molecule has 0 atom stereocenters. The summed E-state index contributed by atoms with van der Waals surface area (Å²) in [6, 6.07) is 5.14. The van der Waals surface area contributed by atoms with Crippen LogP contribution in [-0.2, 0) is 4.79 Å². The van der Waals surface area contributed by atoms with E-state index in [9.17, 15) is 9.59 Å². The van der Waals surface area contributed by atoms with Gasteiger partial charge in [0.25, 0.3) is 5.91 Å². The Balaban J connectivity index is 2.47. The molecular formula is C12H14BrNO4S. The van der Waals surface area contributed by atoms with Crippen molar-refractivity contribution in [2.45, 2.75) is 0 Å². The molecule has 0 saturated carbocycles. The fourth-order valence-corrected chi connectivity index (χ4v) is 2.29. The summed E-state index contributed by atoms with van der Waals surface area (Å²) in [5.74, 6) is 0.125. The van der Waals surface area contributed by atoms with E-state index in [1.165, 1.54) is 18.9 Å². The SMILES string of the molecule is COc1ccc(Br)c(C(=O)NCCSCC(=O)O)c1. The molecular weight excluding hydrogens is 334 g/mol. The van der Waals surface area contributed by atoms with E-state index >= 15 is 0 Å². The van der Waals surface area contributed by atoms with Crippen molar-refractivity contribution < 1.29 is 19.4 Å². The summed E-state index contributed by atoms with van der Waals surface area (Å²) in [6.45, 7) is 0.417. The van der Waals surface area contributed by atoms with Gasteiger partial charge in [-0.3, -0.25) is 9.59 Å². The summed E-state index contributed by atoms with van der Waals surface area (Å²) in [5.41, 5.74) is 0.489. The highest BCUT2D eigenvalue weighted by Crippen LogP contribution is 2.22. The van der Waals surface area contributed by atoms with Gasteiger partial charge >= 0.3 is 5.97 Å². The van der Waals surface area contributed by atoms with Crippen LogP contribution >= 0.6 is 27.7 Å². The molecule has 0 heterocycles. The number of thioether (sulfide) groups is 1. The zero-order chi connectivity index (χ0) is 14.3. The molecule has 0 bridgehead atoms. The van der Waals surface area contributed by atoms with Gasteiger partial charge in [-0.1, -0.05) is 0 Å². The van der Waals surface area contributed by atoms with Crippen LogP contribution in [0.1, 0.15) is 10.4 Å². The quantitative estimate of drug-likeness (QED) is 0.738. The number of hydrogen-bond acceptors (Lipinski definition) is 4. The molecule has 0 spiro atoms. The topological polar surface area (TPSA) is 75.6 Å². The molecule has 2 N–H and O–H groups in total. The first-order valence-corrected chi connectivity index (χ1v) is 7.40. The Morgan fingerprint density at radius 2 is 2.21 bits per heavy atom. The van der Waals surface area contributed by atoms with Gasteiger partial charge in [0.05, 0.1) is 18.4 Å². The number of carbonyl (C=O) groups is 2. The molecule has 7 heteroatoms. The Hall–Kier alpha value is -1.21. The standard InChI is InChI=1S/C12H14BrNO4S/c1-18-8-2-3-10(13)9(6-8)12(17)14-4-5-19-7-11(15)16/h2-3,6H,4-5,7H2,1H3,(H,14,17)(H,15,16). The third-order valence-electron chi connectivity index (χ3n) is 2.18. The van der Waals surface area contributed by atoms with E-state index in [0.717, 1.165) is 0 Å². The van der Waals surface area contributed by atoms with Crippen molar-refractivity contribution >= 4 is 39.6 Å². The number of carboxylic acids is 1. The second kappa shape index (κ2) is 8.06. The van der Waals surface area contributed by atoms with Crippen molar-refractivity contribution in [2.24, 2.45) is 0 Å². The minimum absolute atomic E-state index is 0.0404. The third kappa shape index (κ3) is 5.52. The van der Waals surface area contributed by atoms with Gasteiger partial charge in [0.15, 0.2) is 0 Å². The summed E-state index contributed by atoms with van der Waals surface area (Å²) in [5, 5.41) is 11.2. The molecule has 0 fully saturated rings. The van der Waals surface area contributed by atoms with E-state index in [-0.39, 0.29) is 11.7 Å². The molecule has 1 amide bonds. The van der Waals surface area contributed by atoms with Gasteiger partial charge in [-0.25, -0.2) is 0 Å². The fourth-order valence-electron chi connectivity index (χ4n) is 1.30. The lowest BCUT2D eigenvalue weighted by Gasteiger charge is -2.08. The molecule has 0 aliphatic heterocycles. The Morgan fingerprint density at radius 3 is 2.84 bits per heavy atom. The predicted molar refractivity (Wildman–Crippen MR) is 78.0 cm³/mol. The van der Waals surface area contributed by atoms with Gasteiger partial charge in [-0.15, -0.1) is 11.8 Å². The molecule has 104 valence electrons. The lowest BCUT2D eigenvalue weighted by Crippen LogP contribution is -2.26. The second-order valence-corrected chi connectivity index (χ2v) is 5.51. The number of hydrogen-bond donors (Lipinski definition) is 2. The van der Waals surface area contributed by atoms with Crippen molar-refractivity contribution in [3.05, 3.63) is 28.2 Å². The first kappa shape index (κ1) is 15.8. The number of benzene rings is 1. The van der Waals surface area contributed by atoms with E-state index < -0.39 is 5.97 Å². The highest BCUT2D eigenvalue weighted by Gasteiger charge is 2.10. The minimum Gasteiger partial charge on any atom is -0.497 e. The highest BCUT2D eigenvalue weighted by molar-refractivity contribution is 9.10. The van der Waals surface area contributed by atoms with Gasteiger partial charge in [-0.05, 0) is 34.1 Å². The van der Waals surface area contributed by atoms with Crippen LogP contribution in [0, 0.1) is 0 Å². The molecule has 19 heavy (non-hydrogen) atoms. The number of ether oxygens (including phenoxy) is 1. The Bertz CT molecular complexity index is 467. The van der Waals surface area contributed by atoms with Crippen molar-refractivity contribution in [3.63, 3.8) is 0 Å². The zero-order valence-electron chi connectivity index (χ0n) is 10.3. The van der Waals surface area contributed by atoms with Gasteiger partial charge in [0, 0.05) is 16.8 Å². The van der Waals surface area contributed by atoms with Gasteiger partial charge in [0.1, 0.15) is 5.75 Å². The fraction of sp³-hybridized carbons (Fsp3) is 0.333. The lowest BCUT2D eigenvalue weighted by atomic mass is 10.2. The van der Waals surface area contributed by atoms with Crippen LogP contribution in [0.4, 0.5) is 0 Å². The Kier molecular flexibility index (Phi) is 6.72. The van der Waals surface area contributed by atoms with Crippen LogP contribution in [0.2, 0.25) is 0 Å². The molecule has 5 nitrogen and oxygen atoms in total. The second-order valence-electron chi connectivity index (χ2n) is 3.55. The predicted octanol–water partition coefficient (Wildman–Crippen LogP) is 2.01. The number of amides is 1. The number of nitrogens with one attached hydrogen (secondary N) is 1. The lowest BCUT2D eigenvalue weighted by molar-refractivity contribution is -0.133. The van der Waals surface area contributed by atoms with E-state index in [4.69, 9.17) is 9.84 Å². The van der Waals surface area contributed by atoms with Crippen LogP contribution < -0.4 is 10.1 Å². The van der Waals surface area contributed by atoms with Crippen molar-refractivity contribution in [3.8, 4) is 5.75 Å². The number of carboxylic acid groups (broad SMARTS) is 1. The first-order chi connectivity index (χ1) is 9.04. The van der Waals surface area contributed by atoms with Crippen molar-refractivity contribution in [2.75, 3.05) is 25.2 Å². The molecule has 1 aromatic carbocycles. The van der Waals surface area contributed by atoms with Crippen LogP contribution in [-0.4, -0.2) is 42.1 Å². The third-order valence-corrected chi connectivity index (χ3v) is 3.81. The minimum atomic E-state index is -0.855. The normalized spacial score (nSPS) is 10.0. The molecule has 0 radical (unpaired) electrons. The molecule has 1 aromatic rings. The molecule has 0 aliphatic rings. The van der Waals surface area contributed by atoms with Gasteiger partial charge in [0.2, 0.25) is 0 Å². The molecule has 0 saturated heterocycles. The number of halogens is 1. The van der Waals surface area contributed by atoms with E-state index in [2.05, 4.69) is 21.2 Å². The Morgan fingerprint density at radius 1 is 1.47 bits per heavy atom. The van der Waals surface area contributed by atoms with Crippen LogP contribution in [0.15, 0.2) is 22.7 Å². The molecule has 0 unspecified atom stereocenters. The maximum Gasteiger partial charge on any atom is 0.313 e. The zero-order valence-corrected chi connectivity index (χ0v) is 12.7. The summed E-state index contributed by atoms with van der Waals surface area (Å²) in [6.07, 6.45) is 0. The first-order valence-electron chi connectivity index (χ1n) is 5.46. The molecule has 0 aromatic heterocycles. The van der Waals surface area contributed by atoms with Gasteiger partial charge in [-0.2, -0.15) is 0 Å². The number of rotatable bonds is 7. The summed E-state index contributed by atoms with van der Waals surface area (Å²) >= 11 is 4.56. The van der Waals surface area contributed by atoms with Crippen molar-refractivity contribution in [1.82, 2.24) is 5.32 Å². The molecule has 0 aliphatic carbocycles. The number of methoxy groups -OCH3 is 1. The number of carbonyl (C=O) groups excluding carboxylic acids is 1. The maximum atomic E-state index is 11.9. The number of aliphatic carboxylic acids is 1. The van der Waals surface area contributed by atoms with Crippen LogP contribution in [0.25, 0.3) is 0 Å². The van der Waals surface area contributed by atoms with Crippen LogP contribution in [0.3, 0.4) is 0 Å².